The van der Waals surface area contributed by atoms with Crippen molar-refractivity contribution in [2.75, 3.05) is 13.2 Å². The van der Waals surface area contributed by atoms with Crippen LogP contribution in [0.2, 0.25) is 0 Å². The van der Waals surface area contributed by atoms with Crippen LogP contribution in [0.25, 0.3) is 0 Å². The summed E-state index contributed by atoms with van der Waals surface area (Å²) in [6.07, 6.45) is 55.2. The molecule has 0 unspecified atom stereocenters. The Kier molecular flexibility index (Phi) is 44.9. The minimum absolute atomic E-state index is 0.0891. The highest BCUT2D eigenvalue weighted by Crippen LogP contribution is 2.14. The summed E-state index contributed by atoms with van der Waals surface area (Å²) in [6, 6.07) is 0. The molecular weight excluding hydrogens is 721 g/mol. The minimum Gasteiger partial charge on any atom is -0.462 e. The predicted octanol–water partition coefficient (Wildman–Crippen LogP) is 15.9. The van der Waals surface area contributed by atoms with Crippen molar-refractivity contribution in [1.29, 1.82) is 0 Å². The van der Waals surface area contributed by atoms with Crippen molar-refractivity contribution in [2.24, 2.45) is 0 Å². The van der Waals surface area contributed by atoms with Gasteiger partial charge in [-0.25, -0.2) is 0 Å². The molecule has 0 aromatic rings. The zero-order chi connectivity index (χ0) is 42.3. The van der Waals surface area contributed by atoms with Crippen LogP contribution in [0.4, 0.5) is 0 Å². The Hall–Kier alpha value is -2.63. The second-order valence-electron chi connectivity index (χ2n) is 16.4. The molecule has 1 atom stereocenters. The molecule has 0 aliphatic heterocycles. The second-order valence-corrected chi connectivity index (χ2v) is 16.4. The van der Waals surface area contributed by atoms with Crippen LogP contribution in [0, 0.1) is 0 Å². The topological polar surface area (TPSA) is 78.9 Å². The number of unbranched alkanes of at least 4 members (excludes halogenated alkanes) is 25. The van der Waals surface area contributed by atoms with E-state index in [1.54, 1.807) is 0 Å². The molecule has 0 saturated carbocycles. The molecule has 6 nitrogen and oxygen atoms in total. The van der Waals surface area contributed by atoms with Gasteiger partial charge >= 0.3 is 17.9 Å². The molecule has 0 spiro atoms. The number of rotatable bonds is 44. The Balaban J connectivity index is 4.45. The molecule has 0 bridgehead atoms. The van der Waals surface area contributed by atoms with Crippen LogP contribution in [-0.2, 0) is 28.6 Å². The van der Waals surface area contributed by atoms with Gasteiger partial charge in [-0.05, 0) is 83.5 Å². The smallest absolute Gasteiger partial charge is 0.306 e. The Labute approximate surface area is 358 Å². The van der Waals surface area contributed by atoms with E-state index in [1.165, 1.54) is 128 Å². The lowest BCUT2D eigenvalue weighted by Crippen LogP contribution is -2.30. The van der Waals surface area contributed by atoms with E-state index >= 15 is 0 Å². The van der Waals surface area contributed by atoms with E-state index < -0.39 is 6.10 Å². The third-order valence-corrected chi connectivity index (χ3v) is 10.6. The fourth-order valence-electron chi connectivity index (χ4n) is 6.80. The van der Waals surface area contributed by atoms with Crippen LogP contribution in [0.1, 0.15) is 245 Å². The number of carbonyl (C=O) groups excluding carboxylic acids is 3. The normalized spacial score (nSPS) is 12.4. The van der Waals surface area contributed by atoms with E-state index in [0.717, 1.165) is 70.6 Å². The molecule has 0 aromatic carbocycles. The number of ether oxygens (including phenoxy) is 3. The van der Waals surface area contributed by atoms with Crippen LogP contribution in [0.15, 0.2) is 48.6 Å². The predicted molar refractivity (Wildman–Crippen MR) is 247 cm³/mol. The summed E-state index contributed by atoms with van der Waals surface area (Å²) in [4.78, 5) is 37.8. The van der Waals surface area contributed by atoms with Gasteiger partial charge < -0.3 is 14.2 Å². The molecule has 0 aromatic heterocycles. The van der Waals surface area contributed by atoms with Crippen LogP contribution in [-0.4, -0.2) is 37.2 Å². The molecule has 0 saturated heterocycles. The maximum atomic E-state index is 12.7. The van der Waals surface area contributed by atoms with Gasteiger partial charge in [0.15, 0.2) is 6.10 Å². The number of hydrogen-bond acceptors (Lipinski definition) is 6. The van der Waals surface area contributed by atoms with Gasteiger partial charge in [0, 0.05) is 19.3 Å². The van der Waals surface area contributed by atoms with Crippen molar-refractivity contribution < 1.29 is 28.6 Å². The highest BCUT2D eigenvalue weighted by Gasteiger charge is 2.19. The third-order valence-electron chi connectivity index (χ3n) is 10.6. The van der Waals surface area contributed by atoms with Gasteiger partial charge in [0.25, 0.3) is 0 Å². The van der Waals surface area contributed by atoms with E-state index in [0.29, 0.717) is 19.3 Å². The van der Waals surface area contributed by atoms with Crippen molar-refractivity contribution in [3.63, 3.8) is 0 Å². The molecule has 0 fully saturated rings. The van der Waals surface area contributed by atoms with E-state index in [9.17, 15) is 14.4 Å². The molecule has 6 heteroatoms. The maximum Gasteiger partial charge on any atom is 0.306 e. The Morgan fingerprint density at radius 1 is 0.345 bits per heavy atom. The molecule has 0 heterocycles. The standard InChI is InChI=1S/C52H92O6/c1-4-7-10-13-16-19-22-25-26-28-31-34-37-40-43-46-52(55)58-49(47-56-50(53)44-41-38-35-32-29-24-21-18-15-12-9-6-3)48-57-51(54)45-42-39-36-33-30-27-23-20-17-14-11-8-5-2/h16,19-20,23,25-26,31,34,49H,4-15,17-18,21-22,24,27-30,32-33,35-48H2,1-3H3/b19-16-,23-20-,26-25-,34-31-/t49-/m0/s1. The summed E-state index contributed by atoms with van der Waals surface area (Å²) >= 11 is 0. The first-order valence-electron chi connectivity index (χ1n) is 24.6. The lowest BCUT2D eigenvalue weighted by Gasteiger charge is -2.18. The van der Waals surface area contributed by atoms with Crippen molar-refractivity contribution in [2.45, 2.75) is 252 Å². The van der Waals surface area contributed by atoms with Crippen molar-refractivity contribution in [3.05, 3.63) is 48.6 Å². The van der Waals surface area contributed by atoms with E-state index in [2.05, 4.69) is 69.4 Å². The van der Waals surface area contributed by atoms with Crippen molar-refractivity contribution in [3.8, 4) is 0 Å². The molecule has 0 rings (SSSR count). The molecule has 0 aliphatic carbocycles. The lowest BCUT2D eigenvalue weighted by molar-refractivity contribution is -0.167. The molecular formula is C52H92O6. The van der Waals surface area contributed by atoms with E-state index in [4.69, 9.17) is 14.2 Å². The molecule has 0 N–H and O–H groups in total. The zero-order valence-corrected chi connectivity index (χ0v) is 38.3. The maximum absolute atomic E-state index is 12.7. The zero-order valence-electron chi connectivity index (χ0n) is 38.3. The summed E-state index contributed by atoms with van der Waals surface area (Å²) in [5, 5.41) is 0. The first-order valence-corrected chi connectivity index (χ1v) is 24.6. The van der Waals surface area contributed by atoms with Gasteiger partial charge in [-0.15, -0.1) is 0 Å². The summed E-state index contributed by atoms with van der Waals surface area (Å²) in [7, 11) is 0. The third kappa shape index (κ3) is 44.5. The largest absolute Gasteiger partial charge is 0.462 e. The quantitative estimate of drug-likeness (QED) is 0.0264. The van der Waals surface area contributed by atoms with E-state index in [-0.39, 0.29) is 37.5 Å². The molecule has 0 aliphatic rings. The van der Waals surface area contributed by atoms with Gasteiger partial charge in [0.1, 0.15) is 13.2 Å². The highest BCUT2D eigenvalue weighted by atomic mass is 16.6. The molecule has 0 amide bonds. The van der Waals surface area contributed by atoms with Crippen LogP contribution >= 0.6 is 0 Å². The van der Waals surface area contributed by atoms with Crippen LogP contribution < -0.4 is 0 Å². The summed E-state index contributed by atoms with van der Waals surface area (Å²) in [5.74, 6) is -0.933. The molecule has 58 heavy (non-hydrogen) atoms. The molecule has 336 valence electrons. The number of allylic oxidation sites excluding steroid dienone is 8. The fraction of sp³-hybridized carbons (Fsp3) is 0.788. The first kappa shape index (κ1) is 55.4. The van der Waals surface area contributed by atoms with Crippen LogP contribution in [0.3, 0.4) is 0 Å². The highest BCUT2D eigenvalue weighted by molar-refractivity contribution is 5.71. The van der Waals surface area contributed by atoms with Gasteiger partial charge in [-0.2, -0.15) is 0 Å². The van der Waals surface area contributed by atoms with Gasteiger partial charge in [0.2, 0.25) is 0 Å². The van der Waals surface area contributed by atoms with Crippen molar-refractivity contribution in [1.82, 2.24) is 0 Å². The van der Waals surface area contributed by atoms with E-state index in [1.807, 2.05) is 0 Å². The minimum atomic E-state index is -0.792. The average Bonchev–Trinajstić information content (AvgIpc) is 3.22. The summed E-state index contributed by atoms with van der Waals surface area (Å²) < 4.78 is 16.7. The van der Waals surface area contributed by atoms with Crippen LogP contribution in [0.5, 0.6) is 0 Å². The number of esters is 3. The monoisotopic (exact) mass is 813 g/mol. The Morgan fingerprint density at radius 3 is 1.07 bits per heavy atom. The fourth-order valence-corrected chi connectivity index (χ4v) is 6.80. The van der Waals surface area contributed by atoms with Gasteiger partial charge in [0.05, 0.1) is 0 Å². The van der Waals surface area contributed by atoms with Gasteiger partial charge in [-0.3, -0.25) is 14.4 Å². The van der Waals surface area contributed by atoms with Gasteiger partial charge in [-0.1, -0.05) is 191 Å². The lowest BCUT2D eigenvalue weighted by atomic mass is 10.0. The number of hydrogen-bond donors (Lipinski definition) is 0. The SMILES string of the molecule is CCCCC/C=C\C/C=C\C/C=C\CCCCC(=O)O[C@H](COC(=O)CCCCCCC/C=C\CCCCCC)COC(=O)CCCCCCCCCCCCCC. The average molecular weight is 813 g/mol. The summed E-state index contributed by atoms with van der Waals surface area (Å²) in [6.45, 7) is 6.55. The Morgan fingerprint density at radius 2 is 0.621 bits per heavy atom. The number of carbonyl (C=O) groups is 3. The van der Waals surface area contributed by atoms with Crippen molar-refractivity contribution >= 4 is 17.9 Å². The Bertz CT molecular complexity index is 1030. The summed E-state index contributed by atoms with van der Waals surface area (Å²) in [5.41, 5.74) is 0. The second kappa shape index (κ2) is 47.1. The first-order chi connectivity index (χ1) is 28.5. The molecule has 0 radical (unpaired) electrons.